The Labute approximate surface area is 168 Å². The second kappa shape index (κ2) is 7.23. The number of hydrogen-bond donors (Lipinski definition) is 3. The molecule has 1 atom stereocenters. The molecule has 0 radical (unpaired) electrons. The molecule has 1 heterocycles. The van der Waals surface area contributed by atoms with Crippen molar-refractivity contribution in [3.8, 4) is 5.75 Å². The average molecular weight is 409 g/mol. The molecule has 1 aliphatic rings. The summed E-state index contributed by atoms with van der Waals surface area (Å²) in [7, 11) is -4.03. The Morgan fingerprint density at radius 2 is 1.62 bits per heavy atom. The summed E-state index contributed by atoms with van der Waals surface area (Å²) in [6.07, 6.45) is -0.932. The number of carbonyl (C=O) groups is 1. The molecule has 3 aromatic carbocycles. The van der Waals surface area contributed by atoms with Gasteiger partial charge < -0.3 is 10.4 Å². The Hall–Kier alpha value is -3.36. The molecule has 8 heteroatoms. The molecule has 0 spiro atoms. The number of hydrogen-bond acceptors (Lipinski definition) is 5. The van der Waals surface area contributed by atoms with Crippen molar-refractivity contribution >= 4 is 21.6 Å². The molecule has 0 bridgehead atoms. The Balaban J connectivity index is 1.78. The number of nitrogens with one attached hydrogen (secondary N) is 2. The highest BCUT2D eigenvalue weighted by Crippen LogP contribution is 2.35. The van der Waals surface area contributed by atoms with Gasteiger partial charge in [0.1, 0.15) is 11.9 Å². The fraction of sp³-hybridized carbons (Fsp3) is 0.0952. The molecule has 3 N–H and O–H groups in total. The van der Waals surface area contributed by atoms with Crippen molar-refractivity contribution < 1.29 is 18.3 Å². The number of anilines is 1. The van der Waals surface area contributed by atoms with E-state index in [0.29, 0.717) is 16.8 Å². The molecule has 0 unspecified atom stereocenters. The Kier molecular flexibility index (Phi) is 4.73. The van der Waals surface area contributed by atoms with Crippen molar-refractivity contribution in [2.24, 2.45) is 0 Å². The fourth-order valence-electron chi connectivity index (χ4n) is 3.18. The van der Waals surface area contributed by atoms with Crippen molar-refractivity contribution in [3.63, 3.8) is 0 Å². The minimum absolute atomic E-state index is 0.0331. The number of para-hydroxylation sites is 2. The zero-order chi connectivity index (χ0) is 20.6. The van der Waals surface area contributed by atoms with Crippen molar-refractivity contribution in [3.05, 3.63) is 89.5 Å². The van der Waals surface area contributed by atoms with E-state index in [2.05, 4.69) is 10.1 Å². The van der Waals surface area contributed by atoms with E-state index in [9.17, 15) is 18.3 Å². The van der Waals surface area contributed by atoms with Crippen LogP contribution in [0.15, 0.2) is 77.7 Å². The zero-order valence-corrected chi connectivity index (χ0v) is 16.3. The molecule has 7 nitrogen and oxygen atoms in total. The first kappa shape index (κ1) is 19.0. The lowest BCUT2D eigenvalue weighted by Crippen LogP contribution is -2.52. The SMILES string of the molecule is Cc1ccc(S(=O)(=O)NN2C(=O)c3ccccc3N[C@@H]2c2ccccc2O)cc1. The summed E-state index contributed by atoms with van der Waals surface area (Å²) in [6.45, 7) is 1.85. The van der Waals surface area contributed by atoms with Gasteiger partial charge in [-0.25, -0.2) is 13.4 Å². The van der Waals surface area contributed by atoms with Gasteiger partial charge >= 0.3 is 0 Å². The molecule has 1 aliphatic heterocycles. The highest BCUT2D eigenvalue weighted by atomic mass is 32.2. The van der Waals surface area contributed by atoms with Gasteiger partial charge in [-0.1, -0.05) is 48.0 Å². The smallest absolute Gasteiger partial charge is 0.273 e. The second-order valence-electron chi connectivity index (χ2n) is 6.73. The average Bonchev–Trinajstić information content (AvgIpc) is 2.71. The monoisotopic (exact) mass is 409 g/mol. The predicted octanol–water partition coefficient (Wildman–Crippen LogP) is 3.16. The molecular weight excluding hydrogens is 390 g/mol. The largest absolute Gasteiger partial charge is 0.508 e. The number of rotatable bonds is 4. The number of fused-ring (bicyclic) bond motifs is 1. The van der Waals surface area contributed by atoms with E-state index in [0.717, 1.165) is 10.6 Å². The van der Waals surface area contributed by atoms with Gasteiger partial charge in [-0.2, -0.15) is 0 Å². The summed E-state index contributed by atoms with van der Waals surface area (Å²) in [4.78, 5) is 15.6. The minimum atomic E-state index is -4.03. The van der Waals surface area contributed by atoms with E-state index < -0.39 is 22.1 Å². The first-order valence-corrected chi connectivity index (χ1v) is 10.4. The molecule has 1 amide bonds. The van der Waals surface area contributed by atoms with Gasteiger partial charge in [0.25, 0.3) is 15.9 Å². The lowest BCUT2D eigenvalue weighted by Gasteiger charge is -2.37. The van der Waals surface area contributed by atoms with Crippen molar-refractivity contribution in [2.45, 2.75) is 18.0 Å². The summed E-state index contributed by atoms with van der Waals surface area (Å²) >= 11 is 0. The van der Waals surface area contributed by atoms with Crippen LogP contribution < -0.4 is 10.1 Å². The summed E-state index contributed by atoms with van der Waals surface area (Å²) in [5, 5.41) is 14.4. The number of phenols is 1. The molecule has 0 aromatic heterocycles. The van der Waals surface area contributed by atoms with Crippen molar-refractivity contribution in [1.82, 2.24) is 9.84 Å². The number of aromatic hydroxyl groups is 1. The Bertz CT molecular complexity index is 1180. The quantitative estimate of drug-likeness (QED) is 0.615. The summed E-state index contributed by atoms with van der Waals surface area (Å²) in [5.74, 6) is -0.583. The highest BCUT2D eigenvalue weighted by Gasteiger charge is 2.37. The first-order chi connectivity index (χ1) is 13.9. The third kappa shape index (κ3) is 3.55. The van der Waals surface area contributed by atoms with Crippen LogP contribution in [0.2, 0.25) is 0 Å². The number of amides is 1. The molecule has 0 aliphatic carbocycles. The zero-order valence-electron chi connectivity index (χ0n) is 15.5. The van der Waals surface area contributed by atoms with Gasteiger partial charge in [-0.15, -0.1) is 4.83 Å². The topological polar surface area (TPSA) is 98.7 Å². The van der Waals surface area contributed by atoms with Crippen LogP contribution in [0.3, 0.4) is 0 Å². The van der Waals surface area contributed by atoms with Crippen LogP contribution >= 0.6 is 0 Å². The summed E-state index contributed by atoms with van der Waals surface area (Å²) in [5.41, 5.74) is 2.16. The number of nitrogens with zero attached hydrogens (tertiary/aromatic N) is 1. The van der Waals surface area contributed by atoms with Crippen LogP contribution in [0.5, 0.6) is 5.75 Å². The second-order valence-corrected chi connectivity index (χ2v) is 8.40. The number of benzene rings is 3. The van der Waals surface area contributed by atoms with E-state index in [-0.39, 0.29) is 10.6 Å². The maximum Gasteiger partial charge on any atom is 0.273 e. The van der Waals surface area contributed by atoms with Gasteiger partial charge in [-0.05, 0) is 37.3 Å². The van der Waals surface area contributed by atoms with Crippen LogP contribution in [0, 0.1) is 6.92 Å². The summed E-state index contributed by atoms with van der Waals surface area (Å²) in [6, 6.07) is 19.6. The molecule has 3 aromatic rings. The Morgan fingerprint density at radius 1 is 0.966 bits per heavy atom. The van der Waals surface area contributed by atoms with Gasteiger partial charge in [0.2, 0.25) is 0 Å². The van der Waals surface area contributed by atoms with Crippen LogP contribution in [0.25, 0.3) is 0 Å². The molecule has 0 saturated heterocycles. The number of hydrazine groups is 1. The highest BCUT2D eigenvalue weighted by molar-refractivity contribution is 7.89. The molecule has 0 fully saturated rings. The van der Waals surface area contributed by atoms with Crippen molar-refractivity contribution in [1.29, 1.82) is 0 Å². The molecule has 148 valence electrons. The molecule has 4 rings (SSSR count). The van der Waals surface area contributed by atoms with E-state index in [1.165, 1.54) is 18.2 Å². The standard InChI is InChI=1S/C21H19N3O4S/c1-14-10-12-15(13-11-14)29(27,28)23-24-20(17-7-3-5-9-19(17)25)22-18-8-4-2-6-16(18)21(24)26/h2-13,20,22-23,25H,1H3/t20-/m0/s1. The van der Waals surface area contributed by atoms with E-state index in [1.807, 2.05) is 6.92 Å². The van der Waals surface area contributed by atoms with E-state index in [4.69, 9.17) is 0 Å². The maximum atomic E-state index is 13.2. The van der Waals surface area contributed by atoms with Crippen LogP contribution in [-0.2, 0) is 10.0 Å². The molecular formula is C21H19N3O4S. The van der Waals surface area contributed by atoms with Gasteiger partial charge in [-0.3, -0.25) is 4.79 Å². The lowest BCUT2D eigenvalue weighted by atomic mass is 10.0. The third-order valence-electron chi connectivity index (χ3n) is 4.71. The fourth-order valence-corrected chi connectivity index (χ4v) is 4.23. The van der Waals surface area contributed by atoms with Gasteiger partial charge in [0.15, 0.2) is 0 Å². The van der Waals surface area contributed by atoms with Crippen LogP contribution in [0.1, 0.15) is 27.7 Å². The van der Waals surface area contributed by atoms with Crippen LogP contribution in [0.4, 0.5) is 5.69 Å². The number of phenolic OH excluding ortho intramolecular Hbond substituents is 1. The lowest BCUT2D eigenvalue weighted by molar-refractivity contribution is 0.0630. The molecule has 0 saturated carbocycles. The van der Waals surface area contributed by atoms with Gasteiger partial charge in [0.05, 0.1) is 10.5 Å². The summed E-state index contributed by atoms with van der Waals surface area (Å²) < 4.78 is 25.9. The maximum absolute atomic E-state index is 13.2. The Morgan fingerprint density at radius 3 is 2.34 bits per heavy atom. The van der Waals surface area contributed by atoms with E-state index >= 15 is 0 Å². The van der Waals surface area contributed by atoms with Crippen molar-refractivity contribution in [2.75, 3.05) is 5.32 Å². The normalized spacial score (nSPS) is 16.2. The molecule has 29 heavy (non-hydrogen) atoms. The minimum Gasteiger partial charge on any atom is -0.508 e. The van der Waals surface area contributed by atoms with Gasteiger partial charge in [0, 0.05) is 11.3 Å². The van der Waals surface area contributed by atoms with E-state index in [1.54, 1.807) is 54.6 Å². The number of carbonyl (C=O) groups excluding carboxylic acids is 1. The number of aryl methyl sites for hydroxylation is 1. The first-order valence-electron chi connectivity index (χ1n) is 8.93. The third-order valence-corrected chi connectivity index (χ3v) is 6.04. The number of sulfonamides is 1. The predicted molar refractivity (Wildman–Crippen MR) is 109 cm³/mol. The van der Waals surface area contributed by atoms with Crippen LogP contribution in [-0.4, -0.2) is 24.4 Å².